The summed E-state index contributed by atoms with van der Waals surface area (Å²) >= 11 is 12.7. The maximum absolute atomic E-state index is 13.9. The van der Waals surface area contributed by atoms with E-state index in [1.807, 2.05) is 0 Å². The van der Waals surface area contributed by atoms with E-state index in [1.165, 1.54) is 26.4 Å². The third kappa shape index (κ3) is 4.56. The number of rotatable bonds is 8. The number of carbonyl (C=O) groups is 1. The molecule has 30 heavy (non-hydrogen) atoms. The molecule has 0 radical (unpaired) electrons. The zero-order valence-electron chi connectivity index (χ0n) is 15.5. The van der Waals surface area contributed by atoms with E-state index in [1.54, 1.807) is 12.1 Å². The van der Waals surface area contributed by atoms with Crippen LogP contribution in [0.2, 0.25) is 0 Å². The van der Waals surface area contributed by atoms with Crippen molar-refractivity contribution in [1.82, 2.24) is 0 Å². The van der Waals surface area contributed by atoms with Gasteiger partial charge in [-0.05, 0) is 35.9 Å². The van der Waals surface area contributed by atoms with Crippen LogP contribution in [0.5, 0.6) is 17.2 Å². The highest BCUT2D eigenvalue weighted by Gasteiger charge is 2.67. The molecular formula is C18H16Cl2FO8P. The quantitative estimate of drug-likeness (QED) is 0.191. The highest BCUT2D eigenvalue weighted by Crippen LogP contribution is 2.66. The monoisotopic (exact) mass is 480 g/mol. The van der Waals surface area contributed by atoms with Crippen molar-refractivity contribution in [3.8, 4) is 17.2 Å². The first-order valence-electron chi connectivity index (χ1n) is 8.35. The van der Waals surface area contributed by atoms with Crippen LogP contribution in [0, 0.1) is 11.7 Å². The van der Waals surface area contributed by atoms with Gasteiger partial charge in [-0.2, -0.15) is 0 Å². The lowest BCUT2D eigenvalue weighted by molar-refractivity contribution is -0.125. The SMILES string of the molecule is COc1ccc(OC)c(C(=O)C2C(c3ccc(F)c(OOP(=O)(O)O)c3)C2(Cl)Cl)c1. The van der Waals surface area contributed by atoms with E-state index in [0.717, 1.165) is 12.1 Å². The van der Waals surface area contributed by atoms with E-state index >= 15 is 0 Å². The van der Waals surface area contributed by atoms with Crippen molar-refractivity contribution in [2.45, 2.75) is 10.3 Å². The lowest BCUT2D eigenvalue weighted by Gasteiger charge is -2.10. The smallest absolute Gasteiger partial charge is 0.497 e. The topological polar surface area (TPSA) is 112 Å². The van der Waals surface area contributed by atoms with Crippen LogP contribution < -0.4 is 14.4 Å². The molecule has 1 aliphatic rings. The maximum atomic E-state index is 13.9. The molecule has 8 nitrogen and oxygen atoms in total. The second kappa shape index (κ2) is 8.34. The van der Waals surface area contributed by atoms with Crippen molar-refractivity contribution in [3.05, 3.63) is 53.3 Å². The summed E-state index contributed by atoms with van der Waals surface area (Å²) in [5.41, 5.74) is 0.518. The van der Waals surface area contributed by atoms with Crippen LogP contribution in [-0.2, 0) is 9.24 Å². The zero-order valence-corrected chi connectivity index (χ0v) is 18.0. The van der Waals surface area contributed by atoms with Gasteiger partial charge in [0.15, 0.2) is 11.6 Å². The lowest BCUT2D eigenvalue weighted by Crippen LogP contribution is -2.09. The minimum atomic E-state index is -5.01. The molecule has 0 heterocycles. The van der Waals surface area contributed by atoms with Crippen molar-refractivity contribution in [2.75, 3.05) is 14.2 Å². The van der Waals surface area contributed by atoms with Gasteiger partial charge in [-0.3, -0.25) is 4.79 Å². The van der Waals surface area contributed by atoms with E-state index in [4.69, 9.17) is 42.5 Å². The molecule has 0 saturated heterocycles. The van der Waals surface area contributed by atoms with E-state index in [0.29, 0.717) is 17.1 Å². The first-order valence-corrected chi connectivity index (χ1v) is 10.6. The molecule has 1 saturated carbocycles. The molecule has 2 unspecified atom stereocenters. The normalized spacial score (nSPS) is 19.8. The fraction of sp³-hybridized carbons (Fsp3) is 0.278. The molecule has 2 aromatic carbocycles. The third-order valence-electron chi connectivity index (χ3n) is 4.55. The van der Waals surface area contributed by atoms with Crippen LogP contribution >= 0.6 is 31.0 Å². The van der Waals surface area contributed by atoms with E-state index in [-0.39, 0.29) is 5.56 Å². The molecule has 162 valence electrons. The summed E-state index contributed by atoms with van der Waals surface area (Å²) in [6.07, 6.45) is 0. The molecule has 1 aliphatic carbocycles. The summed E-state index contributed by atoms with van der Waals surface area (Å²) in [5.74, 6) is -2.88. The Bertz CT molecular complexity index is 1030. The van der Waals surface area contributed by atoms with Crippen LogP contribution in [0.3, 0.4) is 0 Å². The minimum absolute atomic E-state index is 0.207. The lowest BCUT2D eigenvalue weighted by atomic mass is 10.0. The number of halogens is 3. The number of ketones is 1. The van der Waals surface area contributed by atoms with E-state index in [9.17, 15) is 13.8 Å². The largest absolute Gasteiger partial charge is 0.505 e. The summed E-state index contributed by atoms with van der Waals surface area (Å²) in [6, 6.07) is 8.10. The Kier molecular flexibility index (Phi) is 6.34. The Morgan fingerprint density at radius 1 is 1.10 bits per heavy atom. The van der Waals surface area contributed by atoms with Crippen LogP contribution in [-0.4, -0.2) is 34.1 Å². The molecule has 2 atom stereocenters. The highest BCUT2D eigenvalue weighted by atomic mass is 35.5. The van der Waals surface area contributed by atoms with E-state index < -0.39 is 41.3 Å². The number of benzene rings is 2. The predicted octanol–water partition coefficient (Wildman–Crippen LogP) is 4.02. The number of alkyl halides is 2. The standard InChI is InChI=1S/C18H16Cl2FO8P/c1-26-10-4-6-13(27-2)11(8-10)17(22)16-15(18(16,19)20)9-3-5-12(21)14(7-9)28-29-30(23,24)25/h3-8,15-16H,1-2H3,(H2,23,24,25). The second-order valence-corrected chi connectivity index (χ2v) is 8.97. The first-order chi connectivity index (χ1) is 14.0. The Morgan fingerprint density at radius 3 is 2.40 bits per heavy atom. The van der Waals surface area contributed by atoms with Gasteiger partial charge in [-0.25, -0.2) is 8.96 Å². The molecular weight excluding hydrogens is 465 g/mol. The predicted molar refractivity (Wildman–Crippen MR) is 105 cm³/mol. The summed E-state index contributed by atoms with van der Waals surface area (Å²) in [7, 11) is -2.15. The molecule has 0 amide bonds. The van der Waals surface area contributed by atoms with Gasteiger partial charge in [0.2, 0.25) is 5.75 Å². The zero-order chi connectivity index (χ0) is 22.3. The second-order valence-electron chi connectivity index (χ2n) is 6.40. The van der Waals surface area contributed by atoms with Crippen molar-refractivity contribution in [3.63, 3.8) is 0 Å². The molecule has 0 aromatic heterocycles. The van der Waals surface area contributed by atoms with Gasteiger partial charge in [0, 0.05) is 5.92 Å². The van der Waals surface area contributed by atoms with Crippen LogP contribution in [0.15, 0.2) is 36.4 Å². The molecule has 2 aromatic rings. The van der Waals surface area contributed by atoms with Gasteiger partial charge in [0.1, 0.15) is 15.8 Å². The van der Waals surface area contributed by atoms with Crippen LogP contribution in [0.1, 0.15) is 21.8 Å². The Balaban J connectivity index is 1.91. The fourth-order valence-corrected chi connectivity index (χ4v) is 4.11. The Morgan fingerprint density at radius 2 is 1.80 bits per heavy atom. The molecule has 1 fully saturated rings. The van der Waals surface area contributed by atoms with Crippen molar-refractivity contribution in [2.24, 2.45) is 5.92 Å². The van der Waals surface area contributed by atoms with Gasteiger partial charge in [-0.15, -0.1) is 23.2 Å². The number of phosphoric acid groups is 1. The Hall–Kier alpha value is -1.87. The summed E-state index contributed by atoms with van der Waals surface area (Å²) in [5, 5.41) is 0. The Labute approximate surface area is 180 Å². The average Bonchev–Trinajstić information content (AvgIpc) is 3.27. The molecule has 3 rings (SSSR count). The van der Waals surface area contributed by atoms with Crippen LogP contribution in [0.25, 0.3) is 0 Å². The number of hydrogen-bond donors (Lipinski definition) is 2. The number of Topliss-reactive ketones (excluding diaryl/α,β-unsaturated/α-hetero) is 1. The average molecular weight is 481 g/mol. The first kappa shape index (κ1) is 22.8. The maximum Gasteiger partial charge on any atom is 0.505 e. The van der Waals surface area contributed by atoms with Gasteiger partial charge in [0.25, 0.3) is 0 Å². The van der Waals surface area contributed by atoms with E-state index in [2.05, 4.69) is 9.56 Å². The summed E-state index contributed by atoms with van der Waals surface area (Å²) < 4.78 is 37.4. The number of ether oxygens (including phenoxy) is 2. The summed E-state index contributed by atoms with van der Waals surface area (Å²) in [4.78, 5) is 34.9. The molecule has 0 bridgehead atoms. The van der Waals surface area contributed by atoms with Crippen molar-refractivity contribution < 1.29 is 42.6 Å². The number of hydrogen-bond acceptors (Lipinski definition) is 6. The molecule has 0 spiro atoms. The molecule has 0 aliphatic heterocycles. The number of carbonyl (C=O) groups excluding carboxylic acids is 1. The minimum Gasteiger partial charge on any atom is -0.497 e. The van der Waals surface area contributed by atoms with Crippen molar-refractivity contribution >= 4 is 36.8 Å². The van der Waals surface area contributed by atoms with Gasteiger partial charge in [-0.1, -0.05) is 10.7 Å². The third-order valence-corrected chi connectivity index (χ3v) is 5.76. The fourth-order valence-electron chi connectivity index (χ4n) is 3.11. The van der Waals surface area contributed by atoms with Gasteiger partial charge in [0.05, 0.1) is 25.7 Å². The number of methoxy groups -OCH3 is 2. The van der Waals surface area contributed by atoms with Gasteiger partial charge >= 0.3 is 7.82 Å². The van der Waals surface area contributed by atoms with Crippen LogP contribution in [0.4, 0.5) is 4.39 Å². The summed E-state index contributed by atoms with van der Waals surface area (Å²) in [6.45, 7) is 0. The molecule has 2 N–H and O–H groups in total. The van der Waals surface area contributed by atoms with Gasteiger partial charge < -0.3 is 24.1 Å². The molecule has 12 heteroatoms. The highest BCUT2D eigenvalue weighted by molar-refractivity contribution is 7.46. The van der Waals surface area contributed by atoms with Crippen molar-refractivity contribution in [1.29, 1.82) is 0 Å².